The van der Waals surface area contributed by atoms with Gasteiger partial charge >= 0.3 is 11.9 Å². The first-order chi connectivity index (χ1) is 18.0. The molecule has 0 N–H and O–H groups in total. The summed E-state index contributed by atoms with van der Waals surface area (Å²) in [5.74, 6) is -1.86. The molecule has 37 heavy (non-hydrogen) atoms. The lowest BCUT2D eigenvalue weighted by atomic mass is 9.83. The van der Waals surface area contributed by atoms with E-state index < -0.39 is 42.8 Å². The van der Waals surface area contributed by atoms with Crippen LogP contribution in [0.3, 0.4) is 0 Å². The molecular weight excluding hydrogens is 473 g/mol. The predicted octanol–water partition coefficient (Wildman–Crippen LogP) is 4.89. The second-order valence-electron chi connectivity index (χ2n) is 9.27. The van der Waals surface area contributed by atoms with E-state index in [2.05, 4.69) is 0 Å². The van der Waals surface area contributed by atoms with Crippen molar-refractivity contribution < 1.29 is 28.2 Å². The second kappa shape index (κ2) is 12.4. The van der Waals surface area contributed by atoms with Crippen molar-refractivity contribution in [3.05, 3.63) is 108 Å². The molecule has 6 nitrogen and oxygen atoms in total. The molecule has 0 spiro atoms. The first kappa shape index (κ1) is 26.2. The quantitative estimate of drug-likeness (QED) is 0.388. The minimum Gasteiger partial charge on any atom is -0.454 e. The van der Waals surface area contributed by atoms with E-state index in [4.69, 9.17) is 9.47 Å². The minimum atomic E-state index is -1.12. The Morgan fingerprint density at radius 1 is 0.784 bits per heavy atom. The normalized spacial score (nSPS) is 21.7. The Bertz CT molecular complexity index is 1190. The first-order valence-corrected chi connectivity index (χ1v) is 12.3. The van der Waals surface area contributed by atoms with Crippen molar-refractivity contribution in [3.8, 4) is 0 Å². The van der Waals surface area contributed by atoms with Gasteiger partial charge in [-0.15, -0.1) is 0 Å². The monoisotopic (exact) mass is 503 g/mol. The fourth-order valence-electron chi connectivity index (χ4n) is 4.81. The summed E-state index contributed by atoms with van der Waals surface area (Å²) in [4.78, 5) is 40.3. The largest absolute Gasteiger partial charge is 0.454 e. The summed E-state index contributed by atoms with van der Waals surface area (Å²) < 4.78 is 26.5. The van der Waals surface area contributed by atoms with Gasteiger partial charge in [-0.1, -0.05) is 66.7 Å². The molecule has 1 fully saturated rings. The van der Waals surface area contributed by atoms with Crippen LogP contribution in [0.2, 0.25) is 0 Å². The molecule has 0 aliphatic carbocycles. The molecule has 1 aliphatic heterocycles. The van der Waals surface area contributed by atoms with Crippen LogP contribution < -0.4 is 0 Å². The van der Waals surface area contributed by atoms with Crippen molar-refractivity contribution in [2.24, 2.45) is 5.92 Å². The number of ketones is 1. The highest BCUT2D eigenvalue weighted by Crippen LogP contribution is 2.33. The van der Waals surface area contributed by atoms with E-state index in [0.29, 0.717) is 24.2 Å². The standard InChI is InChI=1S/C30H30FNO5/c1-21(33)17-25-20-32(19-22-11-5-2-6-12-22)26(18-31)28(37-30(35)24-15-9-4-10-16-24)27(25)36-29(34)23-13-7-3-8-14-23/h2-16,25-28H,17-20H2,1H3/t25-,26+,27+,28+/m0/s1. The smallest absolute Gasteiger partial charge is 0.338 e. The molecule has 0 aromatic heterocycles. The average molecular weight is 504 g/mol. The number of benzene rings is 3. The summed E-state index contributed by atoms with van der Waals surface area (Å²) in [6.07, 6.45) is -2.03. The number of hydrogen-bond donors (Lipinski definition) is 0. The lowest BCUT2D eigenvalue weighted by molar-refractivity contribution is -0.136. The maximum Gasteiger partial charge on any atom is 0.338 e. The fourth-order valence-corrected chi connectivity index (χ4v) is 4.81. The molecule has 4 rings (SSSR count). The molecule has 192 valence electrons. The van der Waals surface area contributed by atoms with Crippen LogP contribution in [0.15, 0.2) is 91.0 Å². The van der Waals surface area contributed by atoms with Crippen LogP contribution in [0, 0.1) is 5.92 Å². The van der Waals surface area contributed by atoms with E-state index >= 15 is 0 Å². The van der Waals surface area contributed by atoms with Crippen LogP contribution in [0.4, 0.5) is 4.39 Å². The molecule has 0 bridgehead atoms. The van der Waals surface area contributed by atoms with Gasteiger partial charge in [0.2, 0.25) is 0 Å². The number of alkyl halides is 1. The Kier molecular flexibility index (Phi) is 8.80. The van der Waals surface area contributed by atoms with Crippen molar-refractivity contribution in [2.75, 3.05) is 13.2 Å². The van der Waals surface area contributed by atoms with E-state index in [1.807, 2.05) is 35.2 Å². The zero-order chi connectivity index (χ0) is 26.2. The molecule has 3 aromatic carbocycles. The second-order valence-corrected chi connectivity index (χ2v) is 9.27. The van der Waals surface area contributed by atoms with Crippen LogP contribution in [0.1, 0.15) is 39.6 Å². The molecule has 0 amide bonds. The zero-order valence-corrected chi connectivity index (χ0v) is 20.7. The molecule has 0 unspecified atom stereocenters. The minimum absolute atomic E-state index is 0.0937. The van der Waals surface area contributed by atoms with Crippen LogP contribution >= 0.6 is 0 Å². The Balaban J connectivity index is 1.69. The Labute approximate surface area is 216 Å². The van der Waals surface area contributed by atoms with Crippen molar-refractivity contribution >= 4 is 17.7 Å². The number of nitrogens with zero attached hydrogens (tertiary/aromatic N) is 1. The predicted molar refractivity (Wildman–Crippen MR) is 137 cm³/mol. The van der Waals surface area contributed by atoms with Crippen molar-refractivity contribution in [1.29, 1.82) is 0 Å². The van der Waals surface area contributed by atoms with Crippen LogP contribution in [-0.4, -0.2) is 54.1 Å². The molecule has 1 saturated heterocycles. The summed E-state index contributed by atoms with van der Waals surface area (Å²) in [7, 11) is 0. The van der Waals surface area contributed by atoms with Gasteiger partial charge in [-0.2, -0.15) is 0 Å². The van der Waals surface area contributed by atoms with Crippen LogP contribution in [-0.2, 0) is 20.8 Å². The highest BCUT2D eigenvalue weighted by Gasteiger charge is 2.48. The van der Waals surface area contributed by atoms with E-state index in [0.717, 1.165) is 5.56 Å². The third-order valence-electron chi connectivity index (χ3n) is 6.55. The maximum atomic E-state index is 14.7. The first-order valence-electron chi connectivity index (χ1n) is 12.3. The van der Waals surface area contributed by atoms with E-state index in [1.165, 1.54) is 6.92 Å². The molecular formula is C30H30FNO5. The number of Topliss-reactive ketones (excluding diaryl/α,β-unsaturated/α-hetero) is 1. The van der Waals surface area contributed by atoms with Crippen molar-refractivity contribution in [1.82, 2.24) is 4.90 Å². The molecule has 7 heteroatoms. The summed E-state index contributed by atoms with van der Waals surface area (Å²) in [6, 6.07) is 25.5. The third-order valence-corrected chi connectivity index (χ3v) is 6.55. The number of carbonyl (C=O) groups excluding carboxylic acids is 3. The van der Waals surface area contributed by atoms with E-state index in [9.17, 15) is 18.8 Å². The van der Waals surface area contributed by atoms with Gasteiger partial charge in [0.15, 0.2) is 6.10 Å². The van der Waals surface area contributed by atoms with E-state index in [1.54, 1.807) is 60.7 Å². The molecule has 0 saturated carbocycles. The molecule has 1 heterocycles. The highest BCUT2D eigenvalue weighted by molar-refractivity contribution is 5.90. The fraction of sp³-hybridized carbons (Fsp3) is 0.300. The maximum absolute atomic E-state index is 14.7. The van der Waals surface area contributed by atoms with E-state index in [-0.39, 0.29) is 12.2 Å². The van der Waals surface area contributed by atoms with Gasteiger partial charge in [0.1, 0.15) is 18.6 Å². The molecule has 3 aromatic rings. The van der Waals surface area contributed by atoms with Gasteiger partial charge in [-0.3, -0.25) is 4.90 Å². The molecule has 1 aliphatic rings. The number of ether oxygens (including phenoxy) is 2. The van der Waals surface area contributed by atoms with Crippen LogP contribution in [0.5, 0.6) is 0 Å². The average Bonchev–Trinajstić information content (AvgIpc) is 2.92. The van der Waals surface area contributed by atoms with Gasteiger partial charge in [0.05, 0.1) is 17.2 Å². The SMILES string of the molecule is CC(=O)C[C@H]1CN(Cc2ccccc2)[C@H](CF)[C@@H](OC(=O)c2ccccc2)[C@@H]1OC(=O)c1ccccc1. The third kappa shape index (κ3) is 6.68. The highest BCUT2D eigenvalue weighted by atomic mass is 19.1. The summed E-state index contributed by atoms with van der Waals surface area (Å²) in [5, 5.41) is 0. The zero-order valence-electron chi connectivity index (χ0n) is 20.7. The number of hydrogen-bond acceptors (Lipinski definition) is 6. The number of rotatable bonds is 9. The van der Waals surface area contributed by atoms with Crippen molar-refractivity contribution in [3.63, 3.8) is 0 Å². The number of halogens is 1. The van der Waals surface area contributed by atoms with Gasteiger partial charge in [0, 0.05) is 25.4 Å². The number of piperidine rings is 1. The van der Waals surface area contributed by atoms with Gasteiger partial charge in [0.25, 0.3) is 0 Å². The summed E-state index contributed by atoms with van der Waals surface area (Å²) in [6.45, 7) is 1.33. The van der Waals surface area contributed by atoms with Crippen molar-refractivity contribution in [2.45, 2.75) is 38.1 Å². The number of esters is 2. The van der Waals surface area contributed by atoms with Gasteiger partial charge in [-0.05, 0) is 36.8 Å². The topological polar surface area (TPSA) is 72.9 Å². The number of carbonyl (C=O) groups is 3. The summed E-state index contributed by atoms with van der Waals surface area (Å²) in [5.41, 5.74) is 1.58. The van der Waals surface area contributed by atoms with Gasteiger partial charge < -0.3 is 14.3 Å². The van der Waals surface area contributed by atoms with Gasteiger partial charge in [-0.25, -0.2) is 14.0 Å². The summed E-state index contributed by atoms with van der Waals surface area (Å²) >= 11 is 0. The molecule has 0 radical (unpaired) electrons. The molecule has 4 atom stereocenters. The van der Waals surface area contributed by atoms with Crippen LogP contribution in [0.25, 0.3) is 0 Å². The Morgan fingerprint density at radius 2 is 1.27 bits per heavy atom. The number of likely N-dealkylation sites (tertiary alicyclic amines) is 1. The Morgan fingerprint density at radius 3 is 1.76 bits per heavy atom. The Hall–Kier alpha value is -3.84. The lowest BCUT2D eigenvalue weighted by Crippen LogP contribution is -2.62. The lowest BCUT2D eigenvalue weighted by Gasteiger charge is -2.47.